The zero-order valence-electron chi connectivity index (χ0n) is 16.1. The van der Waals surface area contributed by atoms with Gasteiger partial charge in [-0.2, -0.15) is 0 Å². The molecule has 1 aliphatic heterocycles. The van der Waals surface area contributed by atoms with E-state index < -0.39 is 16.1 Å². The maximum absolute atomic E-state index is 12.6. The number of benzene rings is 1. The average Bonchev–Trinajstić information content (AvgIpc) is 2.59. The Bertz CT molecular complexity index is 733. The zero-order valence-corrected chi connectivity index (χ0v) is 16.9. The lowest BCUT2D eigenvalue weighted by Gasteiger charge is -2.34. The van der Waals surface area contributed by atoms with Crippen molar-refractivity contribution in [3.63, 3.8) is 0 Å². The molecule has 7 heteroatoms. The minimum absolute atomic E-state index is 0.00707. The zero-order chi connectivity index (χ0) is 19.3. The van der Waals surface area contributed by atoms with Gasteiger partial charge in [-0.05, 0) is 37.0 Å². The first-order chi connectivity index (χ1) is 12.3. The summed E-state index contributed by atoms with van der Waals surface area (Å²) in [5.41, 5.74) is 1.43. The fourth-order valence-corrected chi connectivity index (χ4v) is 4.02. The molecule has 0 bridgehead atoms. The number of carbonyl (C=O) groups excluding carboxylic acids is 1. The normalized spacial score (nSPS) is 18.0. The topological polar surface area (TPSA) is 75.7 Å². The van der Waals surface area contributed by atoms with Crippen LogP contribution in [0, 0.1) is 12.8 Å². The lowest BCUT2D eigenvalue weighted by molar-refractivity contribution is -0.127. The van der Waals surface area contributed by atoms with Crippen molar-refractivity contribution in [2.45, 2.75) is 52.6 Å². The molecule has 1 aromatic rings. The summed E-state index contributed by atoms with van der Waals surface area (Å²) in [6.07, 6.45) is 4.67. The van der Waals surface area contributed by atoms with Crippen molar-refractivity contribution in [1.29, 1.82) is 0 Å². The number of carbonyl (C=O) groups is 1. The number of anilines is 1. The van der Waals surface area contributed by atoms with E-state index in [1.54, 1.807) is 12.1 Å². The summed E-state index contributed by atoms with van der Waals surface area (Å²) in [5.74, 6) is 0.591. The third-order valence-electron chi connectivity index (χ3n) is 4.79. The van der Waals surface area contributed by atoms with Gasteiger partial charge in [-0.1, -0.05) is 39.2 Å². The van der Waals surface area contributed by atoms with Crippen LogP contribution in [-0.4, -0.2) is 39.8 Å². The van der Waals surface area contributed by atoms with Crippen LogP contribution in [0.3, 0.4) is 0 Å². The van der Waals surface area contributed by atoms with E-state index in [0.29, 0.717) is 23.9 Å². The molecule has 1 heterocycles. The van der Waals surface area contributed by atoms with E-state index in [-0.39, 0.29) is 12.5 Å². The number of rotatable bonds is 8. The SMILES string of the molecule is CCCCC(CC)CNC(=O)C1CN(S(C)(=O)=O)c2cc(C)ccc2O1. The maximum Gasteiger partial charge on any atom is 0.263 e. The highest BCUT2D eigenvalue weighted by Crippen LogP contribution is 2.35. The van der Waals surface area contributed by atoms with Gasteiger partial charge >= 0.3 is 0 Å². The number of amides is 1. The van der Waals surface area contributed by atoms with E-state index in [1.165, 1.54) is 4.31 Å². The highest BCUT2D eigenvalue weighted by atomic mass is 32.2. The number of aryl methyl sites for hydroxylation is 1. The molecule has 1 aromatic carbocycles. The van der Waals surface area contributed by atoms with Crippen molar-refractivity contribution in [3.8, 4) is 5.75 Å². The Hall–Kier alpha value is -1.76. The Labute approximate surface area is 157 Å². The molecule has 1 amide bonds. The highest BCUT2D eigenvalue weighted by molar-refractivity contribution is 7.92. The van der Waals surface area contributed by atoms with Crippen LogP contribution in [0.4, 0.5) is 5.69 Å². The Morgan fingerprint density at radius 2 is 2.12 bits per heavy atom. The number of ether oxygens (including phenoxy) is 1. The summed E-state index contributed by atoms with van der Waals surface area (Å²) < 4.78 is 31.5. The Morgan fingerprint density at radius 3 is 2.73 bits per heavy atom. The minimum atomic E-state index is -3.50. The summed E-state index contributed by atoms with van der Waals surface area (Å²) in [4.78, 5) is 12.6. The number of nitrogens with zero attached hydrogens (tertiary/aromatic N) is 1. The van der Waals surface area contributed by atoms with E-state index in [9.17, 15) is 13.2 Å². The highest BCUT2D eigenvalue weighted by Gasteiger charge is 2.35. The van der Waals surface area contributed by atoms with Crippen LogP contribution >= 0.6 is 0 Å². The molecule has 0 saturated carbocycles. The predicted molar refractivity (Wildman–Crippen MR) is 104 cm³/mol. The van der Waals surface area contributed by atoms with Gasteiger partial charge in [-0.25, -0.2) is 8.42 Å². The molecular weight excluding hydrogens is 352 g/mol. The summed E-state index contributed by atoms with van der Waals surface area (Å²) in [6.45, 7) is 6.75. The molecule has 1 aliphatic rings. The van der Waals surface area contributed by atoms with Gasteiger partial charge in [0.05, 0.1) is 18.5 Å². The molecule has 0 fully saturated rings. The predicted octanol–water partition coefficient (Wildman–Crippen LogP) is 2.85. The lowest BCUT2D eigenvalue weighted by atomic mass is 9.99. The monoisotopic (exact) mass is 382 g/mol. The van der Waals surface area contributed by atoms with E-state index in [2.05, 4.69) is 19.2 Å². The Morgan fingerprint density at radius 1 is 1.38 bits per heavy atom. The van der Waals surface area contributed by atoms with Gasteiger partial charge in [-0.3, -0.25) is 9.10 Å². The van der Waals surface area contributed by atoms with Crippen LogP contribution in [-0.2, 0) is 14.8 Å². The van der Waals surface area contributed by atoms with E-state index in [0.717, 1.165) is 37.5 Å². The number of nitrogens with one attached hydrogen (secondary N) is 1. The largest absolute Gasteiger partial charge is 0.476 e. The summed E-state index contributed by atoms with van der Waals surface area (Å²) in [7, 11) is -3.50. The third kappa shape index (κ3) is 5.13. The Balaban J connectivity index is 2.11. The molecule has 0 saturated heterocycles. The van der Waals surface area contributed by atoms with Crippen LogP contribution in [0.15, 0.2) is 18.2 Å². The van der Waals surface area contributed by atoms with Crippen molar-refractivity contribution in [1.82, 2.24) is 5.32 Å². The van der Waals surface area contributed by atoms with E-state index in [4.69, 9.17) is 4.74 Å². The van der Waals surface area contributed by atoms with E-state index >= 15 is 0 Å². The third-order valence-corrected chi connectivity index (χ3v) is 5.93. The summed E-state index contributed by atoms with van der Waals surface area (Å²) >= 11 is 0. The van der Waals surface area contributed by atoms with Crippen LogP contribution in [0.5, 0.6) is 5.75 Å². The fourth-order valence-electron chi connectivity index (χ4n) is 3.11. The van der Waals surface area contributed by atoms with Crippen molar-refractivity contribution in [2.24, 2.45) is 5.92 Å². The van der Waals surface area contributed by atoms with E-state index in [1.807, 2.05) is 13.0 Å². The first-order valence-corrected chi connectivity index (χ1v) is 11.1. The van der Waals surface area contributed by atoms with Gasteiger partial charge in [0, 0.05) is 6.54 Å². The van der Waals surface area contributed by atoms with Crippen molar-refractivity contribution in [2.75, 3.05) is 23.7 Å². The molecule has 146 valence electrons. The summed E-state index contributed by atoms with van der Waals surface area (Å²) in [6, 6.07) is 5.33. The molecule has 0 spiro atoms. The van der Waals surface area contributed by atoms with Crippen molar-refractivity contribution >= 4 is 21.6 Å². The molecule has 0 aromatic heterocycles. The average molecular weight is 383 g/mol. The standard InChI is InChI=1S/C19H30N2O4S/c1-5-7-8-15(6-2)12-20-19(22)18-13-21(26(4,23)24)16-11-14(3)9-10-17(16)25-18/h9-11,15,18H,5-8,12-13H2,1-4H3,(H,20,22). The van der Waals surface area contributed by atoms with Gasteiger partial charge in [-0.15, -0.1) is 0 Å². The molecule has 1 N–H and O–H groups in total. The molecule has 2 atom stereocenters. The number of fused-ring (bicyclic) bond motifs is 1. The molecule has 0 aliphatic carbocycles. The van der Waals surface area contributed by atoms with Gasteiger partial charge in [0.1, 0.15) is 5.75 Å². The van der Waals surface area contributed by atoms with Gasteiger partial charge < -0.3 is 10.1 Å². The number of hydrogen-bond acceptors (Lipinski definition) is 4. The minimum Gasteiger partial charge on any atom is -0.476 e. The van der Waals surface area contributed by atoms with Crippen LogP contribution < -0.4 is 14.4 Å². The smallest absolute Gasteiger partial charge is 0.263 e. The second kappa shape index (κ2) is 8.75. The first-order valence-electron chi connectivity index (χ1n) is 9.29. The quantitative estimate of drug-likeness (QED) is 0.750. The molecular formula is C19H30N2O4S. The lowest BCUT2D eigenvalue weighted by Crippen LogP contribution is -2.51. The Kier molecular flexibility index (Phi) is 6.92. The maximum atomic E-state index is 12.6. The molecule has 6 nitrogen and oxygen atoms in total. The van der Waals surface area contributed by atoms with Crippen LogP contribution in [0.25, 0.3) is 0 Å². The van der Waals surface area contributed by atoms with Crippen molar-refractivity contribution < 1.29 is 17.9 Å². The van der Waals surface area contributed by atoms with Gasteiger partial charge in [0.2, 0.25) is 10.0 Å². The molecule has 2 rings (SSSR count). The fraction of sp³-hybridized carbons (Fsp3) is 0.632. The second-order valence-corrected chi connectivity index (χ2v) is 8.94. The summed E-state index contributed by atoms with van der Waals surface area (Å²) in [5, 5.41) is 2.94. The molecule has 26 heavy (non-hydrogen) atoms. The van der Waals surface area contributed by atoms with Crippen LogP contribution in [0.1, 0.15) is 45.1 Å². The molecule has 2 unspecified atom stereocenters. The second-order valence-electron chi connectivity index (χ2n) is 7.03. The van der Waals surface area contributed by atoms with Crippen LogP contribution in [0.2, 0.25) is 0 Å². The number of hydrogen-bond donors (Lipinski definition) is 1. The van der Waals surface area contributed by atoms with Gasteiger partial charge in [0.15, 0.2) is 6.10 Å². The number of unbranched alkanes of at least 4 members (excludes halogenated alkanes) is 1. The van der Waals surface area contributed by atoms with Crippen molar-refractivity contribution in [3.05, 3.63) is 23.8 Å². The number of sulfonamides is 1. The first kappa shape index (κ1) is 20.6. The molecule has 0 radical (unpaired) electrons. The van der Waals surface area contributed by atoms with Gasteiger partial charge in [0.25, 0.3) is 5.91 Å².